The van der Waals surface area contributed by atoms with Crippen molar-refractivity contribution in [1.29, 1.82) is 0 Å². The zero-order chi connectivity index (χ0) is 15.8. The number of imide groups is 1. The summed E-state index contributed by atoms with van der Waals surface area (Å²) in [6.45, 7) is 2.72. The third kappa shape index (κ3) is 2.98. The normalized spacial score (nSPS) is 27.6. The van der Waals surface area contributed by atoms with Crippen LogP contribution in [-0.2, 0) is 14.4 Å². The summed E-state index contributed by atoms with van der Waals surface area (Å²) in [7, 11) is 0. The molecule has 2 rings (SSSR count). The highest BCUT2D eigenvalue weighted by atomic mass is 16.4. The molecule has 1 saturated carbocycles. The van der Waals surface area contributed by atoms with E-state index in [1.165, 1.54) is 0 Å². The van der Waals surface area contributed by atoms with Gasteiger partial charge >= 0.3 is 12.0 Å². The largest absolute Gasteiger partial charge is 0.481 e. The summed E-state index contributed by atoms with van der Waals surface area (Å²) in [5, 5.41) is 14.1. The van der Waals surface area contributed by atoms with Gasteiger partial charge < -0.3 is 15.7 Å². The number of urea groups is 1. The van der Waals surface area contributed by atoms with Crippen LogP contribution in [0.3, 0.4) is 0 Å². The van der Waals surface area contributed by atoms with E-state index in [1.807, 2.05) is 0 Å². The number of nitrogens with zero attached hydrogens (tertiary/aromatic N) is 1. The molecule has 2 unspecified atom stereocenters. The summed E-state index contributed by atoms with van der Waals surface area (Å²) in [6.07, 6.45) is 1.85. The number of rotatable bonds is 4. The van der Waals surface area contributed by atoms with E-state index in [0.717, 1.165) is 11.3 Å². The summed E-state index contributed by atoms with van der Waals surface area (Å²) in [4.78, 5) is 47.5. The van der Waals surface area contributed by atoms with E-state index in [2.05, 4.69) is 10.6 Å². The van der Waals surface area contributed by atoms with E-state index in [1.54, 1.807) is 13.8 Å². The van der Waals surface area contributed by atoms with Crippen molar-refractivity contribution >= 4 is 23.8 Å². The van der Waals surface area contributed by atoms with E-state index in [-0.39, 0.29) is 0 Å². The van der Waals surface area contributed by atoms with Crippen LogP contribution in [0.15, 0.2) is 0 Å². The summed E-state index contributed by atoms with van der Waals surface area (Å²) in [5.74, 6) is -2.53. The van der Waals surface area contributed by atoms with Gasteiger partial charge in [-0.3, -0.25) is 19.3 Å². The Labute approximate surface area is 121 Å². The summed E-state index contributed by atoms with van der Waals surface area (Å²) in [5.41, 5.74) is -1.02. The second-order valence-electron chi connectivity index (χ2n) is 6.00. The van der Waals surface area contributed by atoms with Gasteiger partial charge in [0.05, 0.1) is 5.92 Å². The van der Waals surface area contributed by atoms with Gasteiger partial charge in [-0.05, 0) is 26.7 Å². The van der Waals surface area contributed by atoms with Crippen LogP contribution < -0.4 is 10.6 Å². The molecule has 0 aromatic carbocycles. The number of carboxylic acid groups (broad SMARTS) is 1. The van der Waals surface area contributed by atoms with Crippen molar-refractivity contribution in [2.24, 2.45) is 5.92 Å². The first-order valence-electron chi connectivity index (χ1n) is 6.88. The molecule has 2 atom stereocenters. The molecule has 2 fully saturated rings. The molecule has 116 valence electrons. The lowest BCUT2D eigenvalue weighted by Crippen LogP contribution is -2.47. The molecule has 1 aliphatic heterocycles. The molecule has 0 radical (unpaired) electrons. The summed E-state index contributed by atoms with van der Waals surface area (Å²) in [6, 6.07) is -1.05. The Bertz CT molecular complexity index is 502. The van der Waals surface area contributed by atoms with E-state index in [4.69, 9.17) is 5.11 Å². The molecule has 0 bridgehead atoms. The summed E-state index contributed by atoms with van der Waals surface area (Å²) >= 11 is 0. The minimum Gasteiger partial charge on any atom is -0.481 e. The van der Waals surface area contributed by atoms with Crippen molar-refractivity contribution in [3.05, 3.63) is 0 Å². The number of amides is 4. The minimum absolute atomic E-state index is 0.392. The number of carboxylic acids is 1. The number of aliphatic carboxylic acids is 1. The molecular weight excluding hydrogens is 278 g/mol. The smallest absolute Gasteiger partial charge is 0.325 e. The van der Waals surface area contributed by atoms with Crippen LogP contribution in [0.2, 0.25) is 0 Å². The highest BCUT2D eigenvalue weighted by molar-refractivity contribution is 6.08. The van der Waals surface area contributed by atoms with Crippen molar-refractivity contribution in [3.63, 3.8) is 0 Å². The topological polar surface area (TPSA) is 116 Å². The average Bonchev–Trinajstić information content (AvgIpc) is 2.88. The molecule has 1 saturated heterocycles. The van der Waals surface area contributed by atoms with Gasteiger partial charge in [-0.25, -0.2) is 4.79 Å². The fourth-order valence-electron chi connectivity index (χ4n) is 2.79. The van der Waals surface area contributed by atoms with Gasteiger partial charge in [-0.2, -0.15) is 0 Å². The van der Waals surface area contributed by atoms with Crippen LogP contribution in [0.1, 0.15) is 33.1 Å². The third-order valence-corrected chi connectivity index (χ3v) is 3.93. The molecule has 1 aliphatic carbocycles. The Kier molecular flexibility index (Phi) is 3.89. The Balaban J connectivity index is 1.95. The van der Waals surface area contributed by atoms with E-state index in [0.29, 0.717) is 12.8 Å². The number of nitrogens with one attached hydrogen (secondary N) is 2. The van der Waals surface area contributed by atoms with Gasteiger partial charge in [-0.15, -0.1) is 0 Å². The lowest BCUT2D eigenvalue weighted by atomic mass is 10.0. The molecule has 0 aromatic rings. The SMILES string of the molecule is CC1(C)NC(=O)N(CC(=O)NC2CCCC2C(=O)O)C1=O. The van der Waals surface area contributed by atoms with E-state index >= 15 is 0 Å². The maximum atomic E-state index is 12.0. The van der Waals surface area contributed by atoms with Crippen LogP contribution in [0.25, 0.3) is 0 Å². The van der Waals surface area contributed by atoms with Crippen LogP contribution in [0, 0.1) is 5.92 Å². The molecule has 8 heteroatoms. The van der Waals surface area contributed by atoms with Gasteiger partial charge in [0.2, 0.25) is 5.91 Å². The summed E-state index contributed by atoms with van der Waals surface area (Å²) < 4.78 is 0. The van der Waals surface area contributed by atoms with Crippen molar-refractivity contribution in [2.75, 3.05) is 6.54 Å². The zero-order valence-corrected chi connectivity index (χ0v) is 12.0. The maximum absolute atomic E-state index is 12.0. The molecule has 3 N–H and O–H groups in total. The highest BCUT2D eigenvalue weighted by Gasteiger charge is 2.45. The Morgan fingerprint density at radius 1 is 1.38 bits per heavy atom. The lowest BCUT2D eigenvalue weighted by molar-refractivity contribution is -0.142. The van der Waals surface area contributed by atoms with E-state index < -0.39 is 47.9 Å². The standard InChI is InChI=1S/C13H19N3O5/c1-13(2)11(20)16(12(21)15-13)6-9(17)14-8-5-3-4-7(8)10(18)19/h7-8H,3-6H2,1-2H3,(H,14,17)(H,15,21)(H,18,19). The van der Waals surface area contributed by atoms with Crippen molar-refractivity contribution in [1.82, 2.24) is 15.5 Å². The fraction of sp³-hybridized carbons (Fsp3) is 0.692. The zero-order valence-electron chi connectivity index (χ0n) is 12.0. The van der Waals surface area contributed by atoms with Gasteiger partial charge in [0, 0.05) is 6.04 Å². The Morgan fingerprint density at radius 2 is 2.05 bits per heavy atom. The van der Waals surface area contributed by atoms with Crippen LogP contribution in [0.4, 0.5) is 4.79 Å². The quantitative estimate of drug-likeness (QED) is 0.615. The molecule has 8 nitrogen and oxygen atoms in total. The predicted octanol–water partition coefficient (Wildman–Crippen LogP) is -0.314. The predicted molar refractivity (Wildman–Crippen MR) is 71.2 cm³/mol. The monoisotopic (exact) mass is 297 g/mol. The molecule has 0 spiro atoms. The molecule has 4 amide bonds. The fourth-order valence-corrected chi connectivity index (χ4v) is 2.79. The number of hydrogen-bond donors (Lipinski definition) is 3. The van der Waals surface area contributed by atoms with Crippen molar-refractivity contribution < 1.29 is 24.3 Å². The van der Waals surface area contributed by atoms with Crippen molar-refractivity contribution in [3.8, 4) is 0 Å². The molecule has 0 aromatic heterocycles. The Morgan fingerprint density at radius 3 is 2.57 bits per heavy atom. The van der Waals surface area contributed by atoms with E-state index in [9.17, 15) is 19.2 Å². The minimum atomic E-state index is -1.02. The highest BCUT2D eigenvalue weighted by Crippen LogP contribution is 2.26. The average molecular weight is 297 g/mol. The number of hydrogen-bond acceptors (Lipinski definition) is 4. The van der Waals surface area contributed by atoms with Gasteiger partial charge in [0.1, 0.15) is 12.1 Å². The first kappa shape index (κ1) is 15.3. The molecule has 1 heterocycles. The third-order valence-electron chi connectivity index (χ3n) is 3.93. The Hall–Kier alpha value is -2.12. The van der Waals surface area contributed by atoms with Crippen LogP contribution in [-0.4, -0.2) is 51.9 Å². The van der Waals surface area contributed by atoms with Crippen LogP contribution in [0.5, 0.6) is 0 Å². The number of carbonyl (C=O) groups excluding carboxylic acids is 3. The second kappa shape index (κ2) is 5.34. The molecular formula is C13H19N3O5. The van der Waals surface area contributed by atoms with Gasteiger partial charge in [0.25, 0.3) is 5.91 Å². The van der Waals surface area contributed by atoms with Crippen LogP contribution >= 0.6 is 0 Å². The van der Waals surface area contributed by atoms with Gasteiger partial charge in [-0.1, -0.05) is 6.42 Å². The lowest BCUT2D eigenvalue weighted by Gasteiger charge is -2.20. The van der Waals surface area contributed by atoms with Gasteiger partial charge in [0.15, 0.2) is 0 Å². The molecule has 21 heavy (non-hydrogen) atoms. The second-order valence-corrected chi connectivity index (χ2v) is 6.00. The molecule has 2 aliphatic rings. The first-order valence-corrected chi connectivity index (χ1v) is 6.88. The van der Waals surface area contributed by atoms with Crippen molar-refractivity contribution in [2.45, 2.75) is 44.7 Å². The first-order chi connectivity index (χ1) is 9.72. The number of carbonyl (C=O) groups is 4. The maximum Gasteiger partial charge on any atom is 0.325 e.